The number of nitrogens with zero attached hydrogens (tertiary/aromatic N) is 1. The third kappa shape index (κ3) is 2.08. The first-order valence-electron chi connectivity index (χ1n) is 5.80. The lowest BCUT2D eigenvalue weighted by molar-refractivity contribution is 0.627. The highest BCUT2D eigenvalue weighted by atomic mass is 79.9. The molecule has 0 fully saturated rings. The van der Waals surface area contributed by atoms with Gasteiger partial charge in [-0.2, -0.15) is 0 Å². The smallest absolute Gasteiger partial charge is 0.123 e. The zero-order valence-corrected chi connectivity index (χ0v) is 11.2. The van der Waals surface area contributed by atoms with E-state index >= 15 is 0 Å². The molecule has 0 aromatic heterocycles. The summed E-state index contributed by atoms with van der Waals surface area (Å²) >= 11 is 3.49. The Kier molecular flexibility index (Phi) is 2.96. The molecule has 0 saturated heterocycles. The predicted octanol–water partition coefficient (Wildman–Crippen LogP) is 4.15. The van der Waals surface area contributed by atoms with E-state index in [0.29, 0.717) is 0 Å². The van der Waals surface area contributed by atoms with Crippen LogP contribution in [0.1, 0.15) is 0 Å². The Morgan fingerprint density at radius 2 is 1.89 bits per heavy atom. The second kappa shape index (κ2) is 4.61. The fourth-order valence-corrected chi connectivity index (χ4v) is 2.54. The van der Waals surface area contributed by atoms with Gasteiger partial charge in [-0.3, -0.25) is 0 Å². The van der Waals surface area contributed by atoms with Crippen LogP contribution in [0.2, 0.25) is 0 Å². The van der Waals surface area contributed by atoms with Gasteiger partial charge in [0.15, 0.2) is 0 Å². The summed E-state index contributed by atoms with van der Waals surface area (Å²) in [5, 5.41) is 3.36. The lowest BCUT2D eigenvalue weighted by Crippen LogP contribution is -2.30. The SMILES string of the molecule is Fc1ccc(N2CCNc3ccc(Br)cc32)cc1. The Balaban J connectivity index is 2.05. The van der Waals surface area contributed by atoms with Crippen molar-refractivity contribution < 1.29 is 4.39 Å². The van der Waals surface area contributed by atoms with Crippen LogP contribution in [0, 0.1) is 5.82 Å². The van der Waals surface area contributed by atoms with Gasteiger partial charge in [0.05, 0.1) is 11.4 Å². The standard InChI is InChI=1S/C14H12BrFN2/c15-10-1-6-13-14(9-10)18(8-7-17-13)12-4-2-11(16)3-5-12/h1-6,9,17H,7-8H2. The highest BCUT2D eigenvalue weighted by Gasteiger charge is 2.17. The van der Waals surface area contributed by atoms with E-state index in [1.54, 1.807) is 0 Å². The minimum Gasteiger partial charge on any atom is -0.382 e. The topological polar surface area (TPSA) is 15.3 Å². The van der Waals surface area contributed by atoms with Crippen molar-refractivity contribution in [2.24, 2.45) is 0 Å². The summed E-state index contributed by atoms with van der Waals surface area (Å²) in [4.78, 5) is 2.19. The largest absolute Gasteiger partial charge is 0.382 e. The molecule has 92 valence electrons. The average molecular weight is 307 g/mol. The van der Waals surface area contributed by atoms with Crippen molar-refractivity contribution in [3.05, 3.63) is 52.8 Å². The number of hydrogen-bond acceptors (Lipinski definition) is 2. The van der Waals surface area contributed by atoms with Crippen LogP contribution in [-0.4, -0.2) is 13.1 Å². The second-order valence-corrected chi connectivity index (χ2v) is 5.13. The van der Waals surface area contributed by atoms with Gasteiger partial charge in [-0.1, -0.05) is 15.9 Å². The summed E-state index contributed by atoms with van der Waals surface area (Å²) in [6.45, 7) is 1.75. The number of rotatable bonds is 1. The molecule has 2 aromatic carbocycles. The lowest BCUT2D eigenvalue weighted by atomic mass is 10.1. The third-order valence-electron chi connectivity index (χ3n) is 3.04. The molecular formula is C14H12BrFN2. The molecule has 1 N–H and O–H groups in total. The van der Waals surface area contributed by atoms with Crippen LogP contribution in [0.4, 0.5) is 21.5 Å². The quantitative estimate of drug-likeness (QED) is 0.851. The molecule has 2 nitrogen and oxygen atoms in total. The molecule has 0 saturated carbocycles. The van der Waals surface area contributed by atoms with Crippen molar-refractivity contribution in [1.82, 2.24) is 0 Å². The molecule has 0 unspecified atom stereocenters. The van der Waals surface area contributed by atoms with Crippen LogP contribution in [0.15, 0.2) is 46.9 Å². The Bertz CT molecular complexity index is 569. The van der Waals surface area contributed by atoms with Gasteiger partial charge in [-0.25, -0.2) is 4.39 Å². The fourth-order valence-electron chi connectivity index (χ4n) is 2.19. The van der Waals surface area contributed by atoms with E-state index in [0.717, 1.165) is 34.6 Å². The van der Waals surface area contributed by atoms with Gasteiger partial charge in [0.25, 0.3) is 0 Å². The van der Waals surface area contributed by atoms with Crippen molar-refractivity contribution >= 4 is 33.0 Å². The van der Waals surface area contributed by atoms with Gasteiger partial charge in [-0.05, 0) is 42.5 Å². The Morgan fingerprint density at radius 1 is 1.11 bits per heavy atom. The molecule has 0 radical (unpaired) electrons. The fraction of sp³-hybridized carbons (Fsp3) is 0.143. The Morgan fingerprint density at radius 3 is 2.67 bits per heavy atom. The summed E-state index contributed by atoms with van der Waals surface area (Å²) in [5.41, 5.74) is 3.23. The average Bonchev–Trinajstić information content (AvgIpc) is 2.39. The van der Waals surface area contributed by atoms with Crippen LogP contribution in [0.25, 0.3) is 0 Å². The van der Waals surface area contributed by atoms with E-state index in [1.807, 2.05) is 18.2 Å². The lowest BCUT2D eigenvalue weighted by Gasteiger charge is -2.32. The van der Waals surface area contributed by atoms with Crippen molar-refractivity contribution in [2.75, 3.05) is 23.3 Å². The van der Waals surface area contributed by atoms with Gasteiger partial charge in [0.1, 0.15) is 5.82 Å². The van der Waals surface area contributed by atoms with Crippen LogP contribution >= 0.6 is 15.9 Å². The van der Waals surface area contributed by atoms with E-state index in [9.17, 15) is 4.39 Å². The van der Waals surface area contributed by atoms with Crippen molar-refractivity contribution in [2.45, 2.75) is 0 Å². The van der Waals surface area contributed by atoms with E-state index in [2.05, 4.69) is 38.3 Å². The zero-order chi connectivity index (χ0) is 12.5. The predicted molar refractivity (Wildman–Crippen MR) is 76.0 cm³/mol. The molecule has 0 atom stereocenters. The minimum absolute atomic E-state index is 0.205. The van der Waals surface area contributed by atoms with E-state index in [1.165, 1.54) is 12.1 Å². The number of nitrogens with one attached hydrogen (secondary N) is 1. The summed E-state index contributed by atoms with van der Waals surface area (Å²) < 4.78 is 14.0. The van der Waals surface area contributed by atoms with Gasteiger partial charge in [0, 0.05) is 23.2 Å². The molecule has 3 rings (SSSR count). The first-order chi connectivity index (χ1) is 8.74. The highest BCUT2D eigenvalue weighted by molar-refractivity contribution is 9.10. The normalized spacial score (nSPS) is 14.0. The molecule has 0 aliphatic carbocycles. The number of hydrogen-bond donors (Lipinski definition) is 1. The molecular weight excluding hydrogens is 295 g/mol. The Hall–Kier alpha value is -1.55. The van der Waals surface area contributed by atoms with Gasteiger partial charge in [-0.15, -0.1) is 0 Å². The highest BCUT2D eigenvalue weighted by Crippen LogP contribution is 2.36. The number of anilines is 3. The van der Waals surface area contributed by atoms with Crippen molar-refractivity contribution in [3.8, 4) is 0 Å². The summed E-state index contributed by atoms with van der Waals surface area (Å²) in [6.07, 6.45) is 0. The maximum Gasteiger partial charge on any atom is 0.123 e. The summed E-state index contributed by atoms with van der Waals surface area (Å²) in [5.74, 6) is -0.205. The molecule has 0 amide bonds. The van der Waals surface area contributed by atoms with Crippen molar-refractivity contribution in [1.29, 1.82) is 0 Å². The van der Waals surface area contributed by atoms with Crippen LogP contribution in [0.3, 0.4) is 0 Å². The first kappa shape index (κ1) is 11.5. The molecule has 0 bridgehead atoms. The number of halogens is 2. The van der Waals surface area contributed by atoms with E-state index in [-0.39, 0.29) is 5.82 Å². The summed E-state index contributed by atoms with van der Waals surface area (Å²) in [6, 6.07) is 12.8. The molecule has 1 heterocycles. The maximum atomic E-state index is 13.0. The van der Waals surface area contributed by atoms with Gasteiger partial charge < -0.3 is 10.2 Å². The molecule has 2 aromatic rings. The molecule has 18 heavy (non-hydrogen) atoms. The monoisotopic (exact) mass is 306 g/mol. The zero-order valence-electron chi connectivity index (χ0n) is 9.66. The van der Waals surface area contributed by atoms with Crippen molar-refractivity contribution in [3.63, 3.8) is 0 Å². The summed E-state index contributed by atoms with van der Waals surface area (Å²) in [7, 11) is 0. The van der Waals surface area contributed by atoms with E-state index in [4.69, 9.17) is 0 Å². The van der Waals surface area contributed by atoms with Crippen LogP contribution in [-0.2, 0) is 0 Å². The molecule has 4 heteroatoms. The molecule has 1 aliphatic rings. The Labute approximate surface area is 114 Å². The van der Waals surface area contributed by atoms with Crippen LogP contribution < -0.4 is 10.2 Å². The minimum atomic E-state index is -0.205. The first-order valence-corrected chi connectivity index (χ1v) is 6.60. The molecule has 0 spiro atoms. The number of benzene rings is 2. The second-order valence-electron chi connectivity index (χ2n) is 4.22. The van der Waals surface area contributed by atoms with E-state index < -0.39 is 0 Å². The number of fused-ring (bicyclic) bond motifs is 1. The van der Waals surface area contributed by atoms with Crippen LogP contribution in [0.5, 0.6) is 0 Å². The van der Waals surface area contributed by atoms with Gasteiger partial charge in [0.2, 0.25) is 0 Å². The van der Waals surface area contributed by atoms with Gasteiger partial charge >= 0.3 is 0 Å². The maximum absolute atomic E-state index is 13.0. The third-order valence-corrected chi connectivity index (χ3v) is 3.53. The molecule has 1 aliphatic heterocycles.